The molecule has 0 spiro atoms. The van der Waals surface area contributed by atoms with Crippen LogP contribution in [-0.4, -0.2) is 29.9 Å². The molecule has 0 fully saturated rings. The number of hydrogen-bond acceptors (Lipinski definition) is 7. The Bertz CT molecular complexity index is 599. The molecule has 1 aliphatic carbocycles. The van der Waals surface area contributed by atoms with Gasteiger partial charge >= 0.3 is 0 Å². The van der Waals surface area contributed by atoms with E-state index < -0.39 is 0 Å². The van der Waals surface area contributed by atoms with Gasteiger partial charge in [0.2, 0.25) is 0 Å². The average molecular weight is 308 g/mol. The molecule has 6 nitrogen and oxygen atoms in total. The van der Waals surface area contributed by atoms with Gasteiger partial charge in [-0.1, -0.05) is 25.6 Å². The van der Waals surface area contributed by atoms with E-state index in [0.717, 1.165) is 6.42 Å². The molecule has 7 heteroatoms. The van der Waals surface area contributed by atoms with E-state index in [0.29, 0.717) is 33.6 Å². The molecular formula is C14H20N4O2S. The highest BCUT2D eigenvalue weighted by Gasteiger charge is 2.34. The molecule has 1 aliphatic rings. The summed E-state index contributed by atoms with van der Waals surface area (Å²) in [5.74, 6) is 1.32. The lowest BCUT2D eigenvalue weighted by molar-refractivity contribution is -0.117. The molecule has 1 aromatic heterocycles. The number of nitrogen functional groups attached to an aromatic ring is 1. The number of carbonyl (C=O) groups is 1. The molecule has 0 bridgehead atoms. The number of hydrogen-bond donors (Lipinski definition) is 2. The number of Topliss-reactive ketones (excluding diaryl/α,β-unsaturated/α-hetero) is 1. The first-order chi connectivity index (χ1) is 9.88. The Morgan fingerprint density at radius 2 is 2.10 bits per heavy atom. The van der Waals surface area contributed by atoms with Crippen LogP contribution in [0.2, 0.25) is 0 Å². The molecule has 0 amide bonds. The molecule has 2 rings (SSSR count). The van der Waals surface area contributed by atoms with Gasteiger partial charge in [0.05, 0.1) is 12.0 Å². The highest BCUT2D eigenvalue weighted by atomic mass is 32.2. The molecule has 1 aromatic rings. The third-order valence-electron chi connectivity index (χ3n) is 3.31. The van der Waals surface area contributed by atoms with Gasteiger partial charge in [0, 0.05) is 19.9 Å². The highest BCUT2D eigenvalue weighted by Crippen LogP contribution is 2.43. The number of ketones is 1. The number of allylic oxidation sites excluding steroid dienone is 2. The first kappa shape index (κ1) is 15.6. The number of thioether (sulfide) groups is 1. The van der Waals surface area contributed by atoms with Gasteiger partial charge in [0.15, 0.2) is 11.6 Å². The van der Waals surface area contributed by atoms with Crippen LogP contribution in [0.5, 0.6) is 0 Å². The van der Waals surface area contributed by atoms with Crippen LogP contribution in [0.1, 0.15) is 26.7 Å². The predicted octanol–water partition coefficient (Wildman–Crippen LogP) is 2.44. The first-order valence-corrected chi connectivity index (χ1v) is 7.46. The molecule has 0 atom stereocenters. The molecule has 3 N–H and O–H groups in total. The fraction of sp³-hybridized carbons (Fsp3) is 0.500. The predicted molar refractivity (Wildman–Crippen MR) is 83.9 cm³/mol. The van der Waals surface area contributed by atoms with Crippen molar-refractivity contribution in [2.24, 2.45) is 5.41 Å². The Morgan fingerprint density at radius 1 is 1.38 bits per heavy atom. The topological polar surface area (TPSA) is 90.1 Å². The van der Waals surface area contributed by atoms with E-state index in [4.69, 9.17) is 10.5 Å². The summed E-state index contributed by atoms with van der Waals surface area (Å²) in [4.78, 5) is 21.2. The third-order valence-corrected chi connectivity index (χ3v) is 4.49. The summed E-state index contributed by atoms with van der Waals surface area (Å²) in [5.41, 5.74) is 6.37. The average Bonchev–Trinajstić information content (AvgIpc) is 2.42. The lowest BCUT2D eigenvalue weighted by atomic mass is 9.79. The number of anilines is 2. The van der Waals surface area contributed by atoms with Crippen molar-refractivity contribution in [2.75, 3.05) is 25.2 Å². The molecule has 0 saturated heterocycles. The number of nitrogens with one attached hydrogen (secondary N) is 1. The van der Waals surface area contributed by atoms with Crippen LogP contribution < -0.4 is 11.1 Å². The van der Waals surface area contributed by atoms with Crippen molar-refractivity contribution < 1.29 is 9.53 Å². The van der Waals surface area contributed by atoms with Crippen molar-refractivity contribution in [3.63, 3.8) is 0 Å². The molecular weight excluding hydrogens is 288 g/mol. The van der Waals surface area contributed by atoms with Crippen LogP contribution in [-0.2, 0) is 9.53 Å². The van der Waals surface area contributed by atoms with Gasteiger partial charge in [-0.05, 0) is 5.41 Å². The second-order valence-electron chi connectivity index (χ2n) is 5.69. The van der Waals surface area contributed by atoms with Crippen molar-refractivity contribution in [1.29, 1.82) is 0 Å². The molecule has 1 heterocycles. The van der Waals surface area contributed by atoms with Crippen LogP contribution >= 0.6 is 11.8 Å². The van der Waals surface area contributed by atoms with Crippen molar-refractivity contribution >= 4 is 29.1 Å². The first-order valence-electron chi connectivity index (χ1n) is 6.64. The van der Waals surface area contributed by atoms with Gasteiger partial charge < -0.3 is 15.8 Å². The largest absolute Gasteiger partial charge is 0.500 e. The number of methoxy groups -OCH3 is 1. The standard InChI is InChI=1S/C14H20N4O2S/c1-14(2)5-8(19)11(9(6-14)20-4)21-13-10(15)12(16-3)17-7-18-13/h7H,5-6,15H2,1-4H3,(H,16,17,18). The van der Waals surface area contributed by atoms with Gasteiger partial charge in [0.1, 0.15) is 22.8 Å². The number of ether oxygens (including phenoxy) is 1. The zero-order valence-electron chi connectivity index (χ0n) is 12.7. The highest BCUT2D eigenvalue weighted by molar-refractivity contribution is 8.04. The summed E-state index contributed by atoms with van der Waals surface area (Å²) in [7, 11) is 3.33. The number of rotatable bonds is 4. The SMILES string of the molecule is CNc1ncnc(SC2=C(OC)CC(C)(C)CC2=O)c1N. The second kappa shape index (κ2) is 5.93. The number of nitrogens with zero attached hydrogens (tertiary/aromatic N) is 2. The quantitative estimate of drug-likeness (QED) is 0.826. The van der Waals surface area contributed by atoms with E-state index in [1.807, 2.05) is 0 Å². The third kappa shape index (κ3) is 3.29. The molecule has 21 heavy (non-hydrogen) atoms. The van der Waals surface area contributed by atoms with Crippen LogP contribution in [0.25, 0.3) is 0 Å². The normalized spacial score (nSPS) is 17.8. The van der Waals surface area contributed by atoms with Gasteiger partial charge in [0.25, 0.3) is 0 Å². The zero-order valence-corrected chi connectivity index (χ0v) is 13.5. The summed E-state index contributed by atoms with van der Waals surface area (Å²) < 4.78 is 5.42. The Kier molecular flexibility index (Phi) is 4.41. The molecule has 0 aromatic carbocycles. The van der Waals surface area contributed by atoms with Crippen molar-refractivity contribution in [2.45, 2.75) is 31.7 Å². The maximum absolute atomic E-state index is 12.4. The number of carbonyl (C=O) groups excluding carboxylic acids is 1. The van der Waals surface area contributed by atoms with Gasteiger partial charge in [-0.25, -0.2) is 9.97 Å². The Morgan fingerprint density at radius 3 is 2.71 bits per heavy atom. The van der Waals surface area contributed by atoms with E-state index >= 15 is 0 Å². The van der Waals surface area contributed by atoms with Crippen LogP contribution in [0, 0.1) is 5.41 Å². The smallest absolute Gasteiger partial charge is 0.173 e. The zero-order chi connectivity index (χ0) is 15.6. The Hall–Kier alpha value is -1.76. The molecule has 0 aliphatic heterocycles. The summed E-state index contributed by atoms with van der Waals surface area (Å²) in [6, 6.07) is 0. The Labute approximate surface area is 128 Å². The summed E-state index contributed by atoms with van der Waals surface area (Å²) in [5, 5.41) is 3.46. The summed E-state index contributed by atoms with van der Waals surface area (Å²) >= 11 is 1.25. The van der Waals surface area contributed by atoms with Crippen LogP contribution in [0.3, 0.4) is 0 Å². The molecule has 0 saturated carbocycles. The summed E-state index contributed by atoms with van der Waals surface area (Å²) in [6.45, 7) is 4.12. The van der Waals surface area contributed by atoms with Crippen LogP contribution in [0.4, 0.5) is 11.5 Å². The monoisotopic (exact) mass is 308 g/mol. The van der Waals surface area contributed by atoms with Crippen molar-refractivity contribution in [3.05, 3.63) is 17.0 Å². The fourth-order valence-corrected chi connectivity index (χ4v) is 3.24. The van der Waals surface area contributed by atoms with E-state index in [1.165, 1.54) is 18.1 Å². The van der Waals surface area contributed by atoms with Gasteiger partial charge in [-0.2, -0.15) is 0 Å². The summed E-state index contributed by atoms with van der Waals surface area (Å²) in [6.07, 6.45) is 2.64. The fourth-order valence-electron chi connectivity index (χ4n) is 2.28. The Balaban J connectivity index is 2.37. The van der Waals surface area contributed by atoms with E-state index in [1.54, 1.807) is 14.2 Å². The molecule has 114 valence electrons. The van der Waals surface area contributed by atoms with Crippen LogP contribution in [0.15, 0.2) is 22.0 Å². The maximum atomic E-state index is 12.4. The van der Waals surface area contributed by atoms with Crippen molar-refractivity contribution in [1.82, 2.24) is 9.97 Å². The lowest BCUT2D eigenvalue weighted by Gasteiger charge is -2.30. The number of nitrogens with two attached hydrogens (primary N) is 1. The van der Waals surface area contributed by atoms with E-state index in [2.05, 4.69) is 29.1 Å². The minimum absolute atomic E-state index is 0.0668. The van der Waals surface area contributed by atoms with Gasteiger partial charge in [-0.3, -0.25) is 4.79 Å². The van der Waals surface area contributed by atoms with E-state index in [9.17, 15) is 4.79 Å². The van der Waals surface area contributed by atoms with Crippen molar-refractivity contribution in [3.8, 4) is 0 Å². The van der Waals surface area contributed by atoms with Gasteiger partial charge in [-0.15, -0.1) is 0 Å². The number of aromatic nitrogens is 2. The minimum Gasteiger partial charge on any atom is -0.500 e. The lowest BCUT2D eigenvalue weighted by Crippen LogP contribution is -2.25. The maximum Gasteiger partial charge on any atom is 0.173 e. The van der Waals surface area contributed by atoms with E-state index in [-0.39, 0.29) is 11.2 Å². The molecule has 0 unspecified atom stereocenters. The second-order valence-corrected chi connectivity index (χ2v) is 6.69. The molecule has 0 radical (unpaired) electrons. The minimum atomic E-state index is -0.0835.